The van der Waals surface area contributed by atoms with E-state index in [1.807, 2.05) is 0 Å². The van der Waals surface area contributed by atoms with Gasteiger partial charge in [-0.3, -0.25) is 0 Å². The standard InChI is InChI=1S/C13H23NS/c1-4-6-13(5-2)14-9-11(3)12-7-8-15-10-12/h7-8,10-11,13-14H,4-6,9H2,1-3H3. The molecule has 0 spiro atoms. The predicted molar refractivity (Wildman–Crippen MR) is 69.7 cm³/mol. The predicted octanol–water partition coefficient (Wildman–Crippen LogP) is 4.02. The number of nitrogens with one attached hydrogen (secondary N) is 1. The molecule has 2 atom stereocenters. The van der Waals surface area contributed by atoms with Crippen LogP contribution in [0.1, 0.15) is 51.5 Å². The molecule has 0 aliphatic carbocycles. The summed E-state index contributed by atoms with van der Waals surface area (Å²) in [5, 5.41) is 8.08. The Morgan fingerprint density at radius 2 is 2.20 bits per heavy atom. The summed E-state index contributed by atoms with van der Waals surface area (Å²) < 4.78 is 0. The Hall–Kier alpha value is -0.340. The van der Waals surface area contributed by atoms with Gasteiger partial charge in [-0.25, -0.2) is 0 Å². The largest absolute Gasteiger partial charge is 0.313 e. The second-order valence-corrected chi connectivity index (χ2v) is 5.04. The van der Waals surface area contributed by atoms with Gasteiger partial charge in [0.1, 0.15) is 0 Å². The fraction of sp³-hybridized carbons (Fsp3) is 0.692. The summed E-state index contributed by atoms with van der Waals surface area (Å²) in [7, 11) is 0. The summed E-state index contributed by atoms with van der Waals surface area (Å²) in [6.07, 6.45) is 3.81. The number of hydrogen-bond donors (Lipinski definition) is 1. The topological polar surface area (TPSA) is 12.0 Å². The van der Waals surface area contributed by atoms with E-state index >= 15 is 0 Å². The molecule has 1 heterocycles. The summed E-state index contributed by atoms with van der Waals surface area (Å²) in [4.78, 5) is 0. The van der Waals surface area contributed by atoms with Gasteiger partial charge in [0.15, 0.2) is 0 Å². The maximum Gasteiger partial charge on any atom is 0.00645 e. The average molecular weight is 225 g/mol. The van der Waals surface area contributed by atoms with Crippen LogP contribution >= 0.6 is 11.3 Å². The van der Waals surface area contributed by atoms with E-state index in [2.05, 4.69) is 42.9 Å². The zero-order chi connectivity index (χ0) is 11.1. The van der Waals surface area contributed by atoms with Gasteiger partial charge in [-0.2, -0.15) is 11.3 Å². The van der Waals surface area contributed by atoms with Gasteiger partial charge in [0.25, 0.3) is 0 Å². The van der Waals surface area contributed by atoms with Gasteiger partial charge >= 0.3 is 0 Å². The lowest BCUT2D eigenvalue weighted by Crippen LogP contribution is -2.31. The third-order valence-corrected chi connectivity index (χ3v) is 3.66. The van der Waals surface area contributed by atoms with Crippen molar-refractivity contribution < 1.29 is 0 Å². The quantitative estimate of drug-likeness (QED) is 0.739. The number of hydrogen-bond acceptors (Lipinski definition) is 2. The third-order valence-electron chi connectivity index (χ3n) is 2.95. The van der Waals surface area contributed by atoms with Gasteiger partial charge in [0.2, 0.25) is 0 Å². The van der Waals surface area contributed by atoms with Crippen molar-refractivity contribution in [1.29, 1.82) is 0 Å². The van der Waals surface area contributed by atoms with Crippen molar-refractivity contribution in [1.82, 2.24) is 5.32 Å². The Labute approximate surface area is 97.9 Å². The minimum absolute atomic E-state index is 0.641. The summed E-state index contributed by atoms with van der Waals surface area (Å²) in [6, 6.07) is 2.94. The Kier molecular flexibility index (Phi) is 5.96. The molecular weight excluding hydrogens is 202 g/mol. The van der Waals surface area contributed by atoms with Crippen molar-refractivity contribution in [3.8, 4) is 0 Å². The zero-order valence-corrected chi connectivity index (χ0v) is 10.9. The van der Waals surface area contributed by atoms with Crippen LogP contribution in [0.15, 0.2) is 16.8 Å². The smallest absolute Gasteiger partial charge is 0.00645 e. The molecular formula is C13H23NS. The Bertz CT molecular complexity index is 243. The minimum atomic E-state index is 0.641. The van der Waals surface area contributed by atoms with Crippen LogP contribution in [0.25, 0.3) is 0 Å². The second kappa shape index (κ2) is 7.02. The van der Waals surface area contributed by atoms with Crippen LogP contribution < -0.4 is 5.32 Å². The highest BCUT2D eigenvalue weighted by Crippen LogP contribution is 2.17. The molecule has 1 N–H and O–H groups in total. The molecule has 2 unspecified atom stereocenters. The fourth-order valence-electron chi connectivity index (χ4n) is 1.82. The molecule has 1 aromatic rings. The third kappa shape index (κ3) is 4.35. The molecule has 2 heteroatoms. The monoisotopic (exact) mass is 225 g/mol. The first-order valence-corrected chi connectivity index (χ1v) is 6.97. The Balaban J connectivity index is 2.29. The molecule has 0 aromatic carbocycles. The van der Waals surface area contributed by atoms with Gasteiger partial charge in [-0.1, -0.05) is 27.2 Å². The van der Waals surface area contributed by atoms with Crippen molar-refractivity contribution in [2.75, 3.05) is 6.54 Å². The van der Waals surface area contributed by atoms with Gasteiger partial charge < -0.3 is 5.32 Å². The zero-order valence-electron chi connectivity index (χ0n) is 10.1. The normalized spacial score (nSPS) is 15.1. The average Bonchev–Trinajstić information content (AvgIpc) is 2.77. The molecule has 0 aliphatic heterocycles. The molecule has 0 bridgehead atoms. The maximum atomic E-state index is 3.66. The molecule has 0 radical (unpaired) electrons. The maximum absolute atomic E-state index is 3.66. The summed E-state index contributed by atoms with van der Waals surface area (Å²) in [6.45, 7) is 7.93. The van der Waals surface area contributed by atoms with E-state index in [1.165, 1.54) is 24.8 Å². The Morgan fingerprint density at radius 1 is 1.40 bits per heavy atom. The molecule has 0 saturated carbocycles. The lowest BCUT2D eigenvalue weighted by Gasteiger charge is -2.19. The van der Waals surface area contributed by atoms with E-state index in [0.717, 1.165) is 6.54 Å². The van der Waals surface area contributed by atoms with Crippen molar-refractivity contribution >= 4 is 11.3 Å². The van der Waals surface area contributed by atoms with Crippen molar-refractivity contribution in [2.45, 2.75) is 52.0 Å². The number of rotatable bonds is 7. The van der Waals surface area contributed by atoms with Gasteiger partial charge in [-0.15, -0.1) is 0 Å². The summed E-state index contributed by atoms with van der Waals surface area (Å²) in [5.74, 6) is 0.641. The van der Waals surface area contributed by atoms with Gasteiger partial charge in [0.05, 0.1) is 0 Å². The van der Waals surface area contributed by atoms with Crippen molar-refractivity contribution in [3.05, 3.63) is 22.4 Å². The molecule has 1 nitrogen and oxygen atoms in total. The first kappa shape index (κ1) is 12.7. The first-order chi connectivity index (χ1) is 7.27. The lowest BCUT2D eigenvalue weighted by atomic mass is 10.0. The highest BCUT2D eigenvalue weighted by Gasteiger charge is 2.09. The van der Waals surface area contributed by atoms with Crippen LogP contribution in [0, 0.1) is 0 Å². The highest BCUT2D eigenvalue weighted by atomic mass is 32.1. The molecule has 1 rings (SSSR count). The second-order valence-electron chi connectivity index (χ2n) is 4.26. The SMILES string of the molecule is CCCC(CC)NCC(C)c1ccsc1. The van der Waals surface area contributed by atoms with E-state index in [1.54, 1.807) is 11.3 Å². The van der Waals surface area contributed by atoms with Crippen molar-refractivity contribution in [2.24, 2.45) is 0 Å². The van der Waals surface area contributed by atoms with E-state index < -0.39 is 0 Å². The van der Waals surface area contributed by atoms with Gasteiger partial charge in [-0.05, 0) is 41.1 Å². The van der Waals surface area contributed by atoms with Crippen LogP contribution in [0.4, 0.5) is 0 Å². The molecule has 0 saturated heterocycles. The molecule has 15 heavy (non-hydrogen) atoms. The molecule has 0 fully saturated rings. The fourth-order valence-corrected chi connectivity index (χ4v) is 2.60. The number of thiophene rings is 1. The van der Waals surface area contributed by atoms with Gasteiger partial charge in [0, 0.05) is 12.6 Å². The lowest BCUT2D eigenvalue weighted by molar-refractivity contribution is 0.449. The molecule has 86 valence electrons. The molecule has 0 amide bonds. The van der Waals surface area contributed by atoms with Crippen LogP contribution in [0.5, 0.6) is 0 Å². The van der Waals surface area contributed by atoms with Crippen LogP contribution in [-0.4, -0.2) is 12.6 Å². The van der Waals surface area contributed by atoms with E-state index in [9.17, 15) is 0 Å². The highest BCUT2D eigenvalue weighted by molar-refractivity contribution is 7.07. The van der Waals surface area contributed by atoms with E-state index in [4.69, 9.17) is 0 Å². The minimum Gasteiger partial charge on any atom is -0.313 e. The van der Waals surface area contributed by atoms with E-state index in [-0.39, 0.29) is 0 Å². The molecule has 0 aliphatic rings. The molecule has 1 aromatic heterocycles. The summed E-state index contributed by atoms with van der Waals surface area (Å²) >= 11 is 1.79. The summed E-state index contributed by atoms with van der Waals surface area (Å²) in [5.41, 5.74) is 1.47. The first-order valence-electron chi connectivity index (χ1n) is 6.03. The van der Waals surface area contributed by atoms with Crippen LogP contribution in [-0.2, 0) is 0 Å². The Morgan fingerprint density at radius 3 is 2.73 bits per heavy atom. The van der Waals surface area contributed by atoms with Crippen molar-refractivity contribution in [3.63, 3.8) is 0 Å². The van der Waals surface area contributed by atoms with Crippen LogP contribution in [0.2, 0.25) is 0 Å². The van der Waals surface area contributed by atoms with Crippen LogP contribution in [0.3, 0.4) is 0 Å². The van der Waals surface area contributed by atoms with E-state index in [0.29, 0.717) is 12.0 Å².